The molecule has 1 aliphatic heterocycles. The fourth-order valence-corrected chi connectivity index (χ4v) is 2.06. The van der Waals surface area contributed by atoms with E-state index in [4.69, 9.17) is 5.11 Å². The zero-order valence-corrected chi connectivity index (χ0v) is 8.22. The molecule has 14 heavy (non-hydrogen) atoms. The zero-order valence-electron chi connectivity index (χ0n) is 8.22. The highest BCUT2D eigenvalue weighted by Crippen LogP contribution is 2.32. The van der Waals surface area contributed by atoms with Crippen LogP contribution < -0.4 is 0 Å². The van der Waals surface area contributed by atoms with E-state index in [9.17, 15) is 9.90 Å². The number of carboxylic acids is 1. The lowest BCUT2D eigenvalue weighted by molar-refractivity contribution is -0.147. The Morgan fingerprint density at radius 2 is 2.00 bits per heavy atom. The van der Waals surface area contributed by atoms with Gasteiger partial charge in [-0.1, -0.05) is 0 Å². The van der Waals surface area contributed by atoms with Crippen LogP contribution in [0.2, 0.25) is 0 Å². The van der Waals surface area contributed by atoms with Gasteiger partial charge in [-0.25, -0.2) is 0 Å². The minimum atomic E-state index is -0.724. The molecule has 4 nitrogen and oxygen atoms in total. The van der Waals surface area contributed by atoms with Crippen molar-refractivity contribution in [3.8, 4) is 0 Å². The minimum Gasteiger partial charge on any atom is -0.481 e. The normalized spacial score (nSPS) is 34.4. The first-order valence-corrected chi connectivity index (χ1v) is 5.31. The summed E-state index contributed by atoms with van der Waals surface area (Å²) in [5, 5.41) is 18.6. The highest BCUT2D eigenvalue weighted by molar-refractivity contribution is 5.70. The lowest BCUT2D eigenvalue weighted by Gasteiger charge is -2.35. The first kappa shape index (κ1) is 9.93. The second-order valence-corrected chi connectivity index (χ2v) is 4.49. The van der Waals surface area contributed by atoms with Gasteiger partial charge < -0.3 is 10.2 Å². The molecular weight excluding hydrogens is 182 g/mol. The summed E-state index contributed by atoms with van der Waals surface area (Å²) in [7, 11) is 0. The van der Waals surface area contributed by atoms with Crippen LogP contribution in [0, 0.1) is 11.8 Å². The van der Waals surface area contributed by atoms with Crippen LogP contribution in [0.25, 0.3) is 0 Å². The smallest absolute Gasteiger partial charge is 0.307 e. The second-order valence-electron chi connectivity index (χ2n) is 4.49. The number of hydrogen-bond donors (Lipinski definition) is 2. The molecule has 1 saturated carbocycles. The third-order valence-electron chi connectivity index (χ3n) is 3.19. The molecule has 0 aromatic heterocycles. The Hall–Kier alpha value is -0.610. The van der Waals surface area contributed by atoms with Gasteiger partial charge in [-0.2, -0.15) is 0 Å². The first-order chi connectivity index (χ1) is 6.66. The Labute approximate surface area is 83.5 Å². The van der Waals surface area contributed by atoms with Gasteiger partial charge in [0.05, 0.1) is 5.92 Å². The number of nitrogens with zero attached hydrogens (tertiary/aromatic N) is 1. The van der Waals surface area contributed by atoms with Crippen molar-refractivity contribution in [2.24, 2.45) is 11.8 Å². The van der Waals surface area contributed by atoms with Crippen molar-refractivity contribution in [3.05, 3.63) is 0 Å². The van der Waals surface area contributed by atoms with Crippen molar-refractivity contribution in [1.82, 2.24) is 4.90 Å². The van der Waals surface area contributed by atoms with Gasteiger partial charge in [-0.3, -0.25) is 9.69 Å². The number of aliphatic carboxylic acids is 1. The largest absolute Gasteiger partial charge is 0.481 e. The fraction of sp³-hybridized carbons (Fsp3) is 0.900. The quantitative estimate of drug-likeness (QED) is 0.695. The maximum Gasteiger partial charge on any atom is 0.307 e. The molecule has 1 heterocycles. The standard InChI is InChI=1S/C10H17NO3/c12-9-4-3-8(10(13)14)6-11(9)5-7-1-2-7/h7-9,12H,1-6H2,(H,13,14). The van der Waals surface area contributed by atoms with Crippen LogP contribution >= 0.6 is 0 Å². The first-order valence-electron chi connectivity index (χ1n) is 5.31. The maximum absolute atomic E-state index is 10.8. The monoisotopic (exact) mass is 199 g/mol. The van der Waals surface area contributed by atoms with Crippen LogP contribution in [-0.2, 0) is 4.79 Å². The summed E-state index contributed by atoms with van der Waals surface area (Å²) in [6, 6.07) is 0. The fourth-order valence-electron chi connectivity index (χ4n) is 2.06. The lowest BCUT2D eigenvalue weighted by atomic mass is 9.97. The summed E-state index contributed by atoms with van der Waals surface area (Å²) in [6.07, 6.45) is 3.27. The van der Waals surface area contributed by atoms with E-state index in [2.05, 4.69) is 0 Å². The highest BCUT2D eigenvalue weighted by Gasteiger charge is 2.34. The third kappa shape index (κ3) is 2.25. The number of carboxylic acid groups (broad SMARTS) is 1. The molecule has 0 spiro atoms. The summed E-state index contributed by atoms with van der Waals surface area (Å²) < 4.78 is 0. The van der Waals surface area contributed by atoms with E-state index < -0.39 is 12.2 Å². The molecule has 4 heteroatoms. The Morgan fingerprint density at radius 1 is 1.29 bits per heavy atom. The topological polar surface area (TPSA) is 60.8 Å². The predicted octanol–water partition coefficient (Wildman–Crippen LogP) is 0.511. The van der Waals surface area contributed by atoms with Gasteiger partial charge in [0.1, 0.15) is 6.23 Å². The van der Waals surface area contributed by atoms with Crippen molar-refractivity contribution in [2.45, 2.75) is 31.9 Å². The number of aliphatic hydroxyl groups excluding tert-OH is 1. The number of piperidine rings is 1. The maximum atomic E-state index is 10.8. The van der Waals surface area contributed by atoms with Crippen LogP contribution in [0.4, 0.5) is 0 Å². The molecule has 1 saturated heterocycles. The van der Waals surface area contributed by atoms with Gasteiger partial charge in [0.2, 0.25) is 0 Å². The summed E-state index contributed by atoms with van der Waals surface area (Å²) in [5.41, 5.74) is 0. The number of hydrogen-bond acceptors (Lipinski definition) is 3. The Kier molecular flexibility index (Phi) is 2.74. The molecule has 2 rings (SSSR count). The zero-order chi connectivity index (χ0) is 10.1. The van der Waals surface area contributed by atoms with Crippen molar-refractivity contribution < 1.29 is 15.0 Å². The molecule has 0 aromatic rings. The van der Waals surface area contributed by atoms with Crippen molar-refractivity contribution in [2.75, 3.05) is 13.1 Å². The Bertz CT molecular complexity index is 227. The van der Waals surface area contributed by atoms with Crippen molar-refractivity contribution in [3.63, 3.8) is 0 Å². The van der Waals surface area contributed by atoms with Crippen molar-refractivity contribution in [1.29, 1.82) is 0 Å². The SMILES string of the molecule is O=C(O)C1CCC(O)N(CC2CC2)C1. The van der Waals surface area contributed by atoms with Gasteiger partial charge in [-0.05, 0) is 31.6 Å². The number of likely N-dealkylation sites (tertiary alicyclic amines) is 1. The molecule has 0 aromatic carbocycles. The Balaban J connectivity index is 1.88. The van der Waals surface area contributed by atoms with Crippen LogP contribution in [0.15, 0.2) is 0 Å². The van der Waals surface area contributed by atoms with E-state index in [1.165, 1.54) is 12.8 Å². The summed E-state index contributed by atoms with van der Waals surface area (Å²) in [6.45, 7) is 1.40. The van der Waals surface area contributed by atoms with E-state index in [0.29, 0.717) is 25.3 Å². The van der Waals surface area contributed by atoms with Crippen LogP contribution in [0.1, 0.15) is 25.7 Å². The lowest BCUT2D eigenvalue weighted by Crippen LogP contribution is -2.46. The van der Waals surface area contributed by atoms with Crippen LogP contribution in [0.5, 0.6) is 0 Å². The number of aliphatic hydroxyl groups is 1. The molecule has 0 bridgehead atoms. The molecule has 2 unspecified atom stereocenters. The van der Waals surface area contributed by atoms with E-state index in [0.717, 1.165) is 6.54 Å². The average Bonchev–Trinajstić information content (AvgIpc) is 2.92. The third-order valence-corrected chi connectivity index (χ3v) is 3.19. The molecule has 2 atom stereocenters. The van der Waals surface area contributed by atoms with Gasteiger partial charge in [0.25, 0.3) is 0 Å². The van der Waals surface area contributed by atoms with Gasteiger partial charge in [0.15, 0.2) is 0 Å². The summed E-state index contributed by atoms with van der Waals surface area (Å²) in [4.78, 5) is 12.7. The predicted molar refractivity (Wildman–Crippen MR) is 50.7 cm³/mol. The summed E-state index contributed by atoms with van der Waals surface area (Å²) >= 11 is 0. The molecule has 2 aliphatic rings. The summed E-state index contributed by atoms with van der Waals surface area (Å²) in [5.74, 6) is -0.299. The van der Waals surface area contributed by atoms with E-state index in [1.54, 1.807) is 0 Å². The molecule has 2 fully saturated rings. The molecule has 0 amide bonds. The van der Waals surface area contributed by atoms with Gasteiger partial charge in [0, 0.05) is 13.1 Å². The highest BCUT2D eigenvalue weighted by atomic mass is 16.4. The molecule has 2 N–H and O–H groups in total. The van der Waals surface area contributed by atoms with Crippen LogP contribution in [-0.4, -0.2) is 40.4 Å². The minimum absolute atomic E-state index is 0.280. The van der Waals surface area contributed by atoms with Crippen LogP contribution in [0.3, 0.4) is 0 Å². The molecule has 1 aliphatic carbocycles. The number of rotatable bonds is 3. The average molecular weight is 199 g/mol. The molecule has 0 radical (unpaired) electrons. The number of carbonyl (C=O) groups is 1. The van der Waals surface area contributed by atoms with Crippen molar-refractivity contribution >= 4 is 5.97 Å². The Morgan fingerprint density at radius 3 is 2.57 bits per heavy atom. The second kappa shape index (κ2) is 3.87. The van der Waals surface area contributed by atoms with E-state index in [-0.39, 0.29) is 5.92 Å². The van der Waals surface area contributed by atoms with Gasteiger partial charge in [-0.15, -0.1) is 0 Å². The molecular formula is C10H17NO3. The van der Waals surface area contributed by atoms with E-state index >= 15 is 0 Å². The van der Waals surface area contributed by atoms with Gasteiger partial charge >= 0.3 is 5.97 Å². The molecule has 80 valence electrons. The van der Waals surface area contributed by atoms with E-state index in [1.807, 2.05) is 4.90 Å².